The van der Waals surface area contributed by atoms with E-state index in [0.29, 0.717) is 6.54 Å². The molecule has 1 heterocycles. The van der Waals surface area contributed by atoms with Crippen LogP contribution in [0.5, 0.6) is 0 Å². The van der Waals surface area contributed by atoms with Crippen LogP contribution in [0.25, 0.3) is 0 Å². The Hall–Kier alpha value is -1.77. The molecule has 3 heteroatoms. The van der Waals surface area contributed by atoms with Crippen LogP contribution in [0.15, 0.2) is 43.0 Å². The van der Waals surface area contributed by atoms with E-state index < -0.39 is 0 Å². The molecule has 90 valence electrons. The van der Waals surface area contributed by atoms with Gasteiger partial charge in [0.2, 0.25) is 0 Å². The second kappa shape index (κ2) is 4.62. The molecule has 0 N–H and O–H groups in total. The minimum Gasteiger partial charge on any atom is -0.323 e. The number of amides is 2. The quantitative estimate of drug-likeness (QED) is 0.732. The third-order valence-corrected chi connectivity index (χ3v) is 3.42. The first-order valence-electron chi connectivity index (χ1n) is 5.86. The first-order valence-corrected chi connectivity index (χ1v) is 5.86. The van der Waals surface area contributed by atoms with Gasteiger partial charge in [0.25, 0.3) is 0 Å². The van der Waals surface area contributed by atoms with Crippen molar-refractivity contribution in [2.75, 3.05) is 13.6 Å². The van der Waals surface area contributed by atoms with Crippen LogP contribution in [0.2, 0.25) is 0 Å². The third-order valence-electron chi connectivity index (χ3n) is 3.42. The van der Waals surface area contributed by atoms with Gasteiger partial charge in [-0.15, -0.1) is 6.58 Å². The molecule has 0 aromatic heterocycles. The van der Waals surface area contributed by atoms with Crippen molar-refractivity contribution in [1.29, 1.82) is 0 Å². The molecule has 1 aliphatic rings. The molecule has 1 fully saturated rings. The van der Waals surface area contributed by atoms with Crippen molar-refractivity contribution in [2.24, 2.45) is 0 Å². The van der Waals surface area contributed by atoms with E-state index in [2.05, 4.69) is 25.6 Å². The second-order valence-electron chi connectivity index (χ2n) is 4.43. The van der Waals surface area contributed by atoms with Gasteiger partial charge in [-0.2, -0.15) is 0 Å². The maximum absolute atomic E-state index is 12.1. The number of carbonyl (C=O) groups excluding carboxylic acids is 1. The predicted octanol–water partition coefficient (Wildman–Crippen LogP) is 2.67. The van der Waals surface area contributed by atoms with Crippen molar-refractivity contribution in [3.63, 3.8) is 0 Å². The van der Waals surface area contributed by atoms with Crippen LogP contribution in [-0.2, 0) is 0 Å². The highest BCUT2D eigenvalue weighted by Crippen LogP contribution is 2.33. The first-order chi connectivity index (χ1) is 8.16. The fourth-order valence-electron chi connectivity index (χ4n) is 2.41. The minimum absolute atomic E-state index is 0.0752. The summed E-state index contributed by atoms with van der Waals surface area (Å²) >= 11 is 0. The van der Waals surface area contributed by atoms with Gasteiger partial charge >= 0.3 is 6.03 Å². The lowest BCUT2D eigenvalue weighted by molar-refractivity contribution is 0.196. The Kier molecular flexibility index (Phi) is 3.18. The molecule has 0 bridgehead atoms. The number of likely N-dealkylation sites (N-methyl/N-ethyl adjacent to an activating group) is 1. The monoisotopic (exact) mass is 230 g/mol. The predicted molar refractivity (Wildman–Crippen MR) is 68.7 cm³/mol. The van der Waals surface area contributed by atoms with E-state index in [1.54, 1.807) is 11.0 Å². The summed E-state index contributed by atoms with van der Waals surface area (Å²) in [6, 6.07) is 10.5. The highest BCUT2D eigenvalue weighted by atomic mass is 16.2. The number of benzene rings is 1. The number of carbonyl (C=O) groups is 1. The molecule has 1 aromatic carbocycles. The van der Waals surface area contributed by atoms with E-state index in [-0.39, 0.29) is 18.1 Å². The highest BCUT2D eigenvalue weighted by molar-refractivity contribution is 5.78. The molecule has 2 atom stereocenters. The van der Waals surface area contributed by atoms with Gasteiger partial charge in [-0.05, 0) is 12.5 Å². The van der Waals surface area contributed by atoms with Gasteiger partial charge in [0.15, 0.2) is 0 Å². The molecule has 0 spiro atoms. The van der Waals surface area contributed by atoms with Crippen LogP contribution >= 0.6 is 0 Å². The largest absolute Gasteiger partial charge is 0.323 e. The molecule has 1 aromatic rings. The standard InChI is InChI=1S/C14H18N2O/c1-4-10-16-13(11(2)15(3)14(16)17)12-8-6-5-7-9-12/h4-9,11,13H,1,10H2,2-3H3/t11-,13-/m0/s1. The fraction of sp³-hybridized carbons (Fsp3) is 0.357. The molecule has 1 aliphatic heterocycles. The van der Waals surface area contributed by atoms with Gasteiger partial charge in [0, 0.05) is 13.6 Å². The first kappa shape index (κ1) is 11.7. The van der Waals surface area contributed by atoms with E-state index in [0.717, 1.165) is 0 Å². The maximum atomic E-state index is 12.1. The molecule has 0 aliphatic carbocycles. The van der Waals surface area contributed by atoms with Crippen LogP contribution in [0.1, 0.15) is 18.5 Å². The van der Waals surface area contributed by atoms with Gasteiger partial charge in [-0.1, -0.05) is 36.4 Å². The second-order valence-corrected chi connectivity index (χ2v) is 4.43. The average molecular weight is 230 g/mol. The average Bonchev–Trinajstić information content (AvgIpc) is 2.56. The van der Waals surface area contributed by atoms with Gasteiger partial charge in [0.1, 0.15) is 0 Å². The summed E-state index contributed by atoms with van der Waals surface area (Å²) in [5.74, 6) is 0. The Bertz CT molecular complexity index is 415. The van der Waals surface area contributed by atoms with Crippen molar-refractivity contribution < 1.29 is 4.79 Å². The van der Waals surface area contributed by atoms with Crippen molar-refractivity contribution in [3.8, 4) is 0 Å². The molecule has 17 heavy (non-hydrogen) atoms. The molecular formula is C14H18N2O. The molecule has 0 saturated carbocycles. The number of rotatable bonds is 3. The van der Waals surface area contributed by atoms with E-state index >= 15 is 0 Å². The number of hydrogen-bond acceptors (Lipinski definition) is 1. The van der Waals surface area contributed by atoms with Crippen molar-refractivity contribution >= 4 is 6.03 Å². The van der Waals surface area contributed by atoms with Crippen LogP contribution in [0.3, 0.4) is 0 Å². The summed E-state index contributed by atoms with van der Waals surface area (Å²) in [7, 11) is 1.85. The molecule has 3 nitrogen and oxygen atoms in total. The third kappa shape index (κ3) is 1.93. The maximum Gasteiger partial charge on any atom is 0.320 e. The van der Waals surface area contributed by atoms with Gasteiger partial charge in [-0.25, -0.2) is 4.79 Å². The number of urea groups is 1. The Balaban J connectivity index is 2.36. The lowest BCUT2D eigenvalue weighted by Crippen LogP contribution is -2.30. The summed E-state index contributed by atoms with van der Waals surface area (Å²) in [5, 5.41) is 0. The van der Waals surface area contributed by atoms with E-state index in [4.69, 9.17) is 0 Å². The smallest absolute Gasteiger partial charge is 0.320 e. The van der Waals surface area contributed by atoms with Crippen LogP contribution in [-0.4, -0.2) is 35.5 Å². The van der Waals surface area contributed by atoms with Crippen molar-refractivity contribution in [2.45, 2.75) is 19.0 Å². The number of hydrogen-bond donors (Lipinski definition) is 0. The fourth-order valence-corrected chi connectivity index (χ4v) is 2.41. The lowest BCUT2D eigenvalue weighted by atomic mass is 10.0. The number of nitrogens with zero attached hydrogens (tertiary/aromatic N) is 2. The summed E-state index contributed by atoms with van der Waals surface area (Å²) in [6.07, 6.45) is 1.78. The Labute approximate surface area is 102 Å². The van der Waals surface area contributed by atoms with Gasteiger partial charge < -0.3 is 9.80 Å². The zero-order chi connectivity index (χ0) is 12.4. The molecule has 2 amide bonds. The normalized spacial score (nSPS) is 24.2. The van der Waals surface area contributed by atoms with Crippen molar-refractivity contribution in [1.82, 2.24) is 9.80 Å². The Morgan fingerprint density at radius 3 is 2.59 bits per heavy atom. The molecule has 0 unspecified atom stereocenters. The minimum atomic E-state index is 0.0752. The molecule has 2 rings (SSSR count). The van der Waals surface area contributed by atoms with Crippen molar-refractivity contribution in [3.05, 3.63) is 48.6 Å². The van der Waals surface area contributed by atoms with Gasteiger partial charge in [-0.3, -0.25) is 0 Å². The summed E-state index contributed by atoms with van der Waals surface area (Å²) < 4.78 is 0. The molecule has 1 saturated heterocycles. The Morgan fingerprint density at radius 1 is 1.35 bits per heavy atom. The highest BCUT2D eigenvalue weighted by Gasteiger charge is 2.41. The topological polar surface area (TPSA) is 23.6 Å². The zero-order valence-corrected chi connectivity index (χ0v) is 10.3. The lowest BCUT2D eigenvalue weighted by Gasteiger charge is -2.24. The summed E-state index contributed by atoms with van der Waals surface area (Å²) in [5.41, 5.74) is 1.18. The zero-order valence-electron chi connectivity index (χ0n) is 10.3. The Morgan fingerprint density at radius 2 is 2.00 bits per heavy atom. The van der Waals surface area contributed by atoms with Crippen LogP contribution in [0, 0.1) is 0 Å². The molecular weight excluding hydrogens is 212 g/mol. The van der Waals surface area contributed by atoms with Crippen LogP contribution in [0.4, 0.5) is 4.79 Å². The SMILES string of the molecule is C=CCN1C(=O)N(C)[C@@H](C)[C@H]1c1ccccc1. The van der Waals surface area contributed by atoms with Crippen LogP contribution < -0.4 is 0 Å². The summed E-state index contributed by atoms with van der Waals surface area (Å²) in [4.78, 5) is 15.8. The van der Waals surface area contributed by atoms with E-state index in [1.165, 1.54) is 5.56 Å². The molecule has 0 radical (unpaired) electrons. The van der Waals surface area contributed by atoms with Gasteiger partial charge in [0.05, 0.1) is 12.1 Å². The van der Waals surface area contributed by atoms with E-state index in [1.807, 2.05) is 30.1 Å². The van der Waals surface area contributed by atoms with E-state index in [9.17, 15) is 4.79 Å². The summed E-state index contributed by atoms with van der Waals surface area (Å²) in [6.45, 7) is 6.40.